The fourth-order valence-electron chi connectivity index (χ4n) is 1.22. The zero-order valence-corrected chi connectivity index (χ0v) is 11.8. The SMILES string of the molecule is COCC(C)CC([C-]=O)C(C)[C-]=O.[Y]. The van der Waals surface area contributed by atoms with Gasteiger partial charge >= 0.3 is 0 Å². The van der Waals surface area contributed by atoms with E-state index in [0.29, 0.717) is 13.0 Å². The summed E-state index contributed by atoms with van der Waals surface area (Å²) in [7, 11) is 1.62. The largest absolute Gasteiger partial charge is 0.542 e. The number of rotatable bonds is 7. The molecule has 0 amide bonds. The minimum atomic E-state index is -0.364. The van der Waals surface area contributed by atoms with E-state index in [4.69, 9.17) is 4.74 Å². The first-order chi connectivity index (χ1) is 6.15. The van der Waals surface area contributed by atoms with E-state index in [9.17, 15) is 9.59 Å². The van der Waals surface area contributed by atoms with Gasteiger partial charge in [-0.25, -0.2) is 0 Å². The van der Waals surface area contributed by atoms with Crippen molar-refractivity contribution in [3.8, 4) is 0 Å². The first-order valence-corrected chi connectivity index (χ1v) is 4.40. The molecule has 14 heavy (non-hydrogen) atoms. The summed E-state index contributed by atoms with van der Waals surface area (Å²) in [6.45, 7) is 4.26. The summed E-state index contributed by atoms with van der Waals surface area (Å²) < 4.78 is 4.93. The van der Waals surface area contributed by atoms with Crippen molar-refractivity contribution < 1.29 is 47.0 Å². The second kappa shape index (κ2) is 9.94. The van der Waals surface area contributed by atoms with Crippen LogP contribution < -0.4 is 0 Å². The van der Waals surface area contributed by atoms with Crippen LogP contribution in [0.25, 0.3) is 0 Å². The molecule has 4 heteroatoms. The molecule has 0 aromatic heterocycles. The van der Waals surface area contributed by atoms with Crippen molar-refractivity contribution in [2.24, 2.45) is 17.8 Å². The van der Waals surface area contributed by atoms with Crippen LogP contribution >= 0.6 is 0 Å². The quantitative estimate of drug-likeness (QED) is 0.653. The zero-order chi connectivity index (χ0) is 10.3. The third kappa shape index (κ3) is 6.80. The van der Waals surface area contributed by atoms with Crippen LogP contribution in [0.15, 0.2) is 0 Å². The van der Waals surface area contributed by atoms with E-state index in [0.717, 1.165) is 0 Å². The van der Waals surface area contributed by atoms with Gasteiger partial charge in [0, 0.05) is 46.4 Å². The van der Waals surface area contributed by atoms with Gasteiger partial charge in [0.15, 0.2) is 0 Å². The fourth-order valence-corrected chi connectivity index (χ4v) is 1.22. The van der Waals surface area contributed by atoms with E-state index in [1.165, 1.54) is 0 Å². The van der Waals surface area contributed by atoms with Gasteiger partial charge in [-0.05, 0) is 5.92 Å². The third-order valence-corrected chi connectivity index (χ3v) is 2.05. The fraction of sp³-hybridized carbons (Fsp3) is 0.800. The summed E-state index contributed by atoms with van der Waals surface area (Å²) in [4.78, 5) is 20.8. The molecule has 3 nitrogen and oxygen atoms in total. The Bertz CT molecular complexity index is 161. The van der Waals surface area contributed by atoms with E-state index in [1.807, 2.05) is 19.5 Å². The van der Waals surface area contributed by atoms with E-state index >= 15 is 0 Å². The molecule has 79 valence electrons. The number of hydrogen-bond donors (Lipinski definition) is 0. The van der Waals surface area contributed by atoms with E-state index in [2.05, 4.69) is 0 Å². The smallest absolute Gasteiger partial charge is 0.0487 e. The molecule has 0 aliphatic carbocycles. The Balaban J connectivity index is 0. The van der Waals surface area contributed by atoms with Crippen LogP contribution in [-0.4, -0.2) is 26.3 Å². The summed E-state index contributed by atoms with van der Waals surface area (Å²) in [5.41, 5.74) is 0. The van der Waals surface area contributed by atoms with Crippen molar-refractivity contribution >= 4 is 12.6 Å². The monoisotopic (exact) mass is 273 g/mol. The standard InChI is InChI=1S/C10H16O3.Y/c1-8(7-13-3)4-10(6-12)9(2)5-11;/h8-10H,4,7H2,1-3H3;/q-2;. The Morgan fingerprint density at radius 1 is 1.21 bits per heavy atom. The summed E-state index contributed by atoms with van der Waals surface area (Å²) in [5, 5.41) is 0. The van der Waals surface area contributed by atoms with Crippen LogP contribution in [0.3, 0.4) is 0 Å². The predicted molar refractivity (Wildman–Crippen MR) is 49.7 cm³/mol. The summed E-state index contributed by atoms with van der Waals surface area (Å²) in [6, 6.07) is 0. The summed E-state index contributed by atoms with van der Waals surface area (Å²) in [5.74, 6) is -0.438. The zero-order valence-electron chi connectivity index (χ0n) is 8.95. The van der Waals surface area contributed by atoms with E-state index < -0.39 is 0 Å². The molecule has 0 fully saturated rings. The van der Waals surface area contributed by atoms with Crippen LogP contribution in [0.2, 0.25) is 0 Å². The van der Waals surface area contributed by atoms with E-state index in [1.54, 1.807) is 14.0 Å². The van der Waals surface area contributed by atoms with Crippen molar-refractivity contribution in [3.05, 3.63) is 0 Å². The molecule has 0 saturated heterocycles. The first kappa shape index (κ1) is 16.8. The van der Waals surface area contributed by atoms with Crippen LogP contribution in [0.1, 0.15) is 20.3 Å². The van der Waals surface area contributed by atoms with Gasteiger partial charge in [-0.1, -0.05) is 20.3 Å². The van der Waals surface area contributed by atoms with Crippen LogP contribution in [-0.2, 0) is 47.0 Å². The predicted octanol–water partition coefficient (Wildman–Crippen LogP) is 1.13. The van der Waals surface area contributed by atoms with Gasteiger partial charge in [0.2, 0.25) is 0 Å². The molecular formula is C10H16O3Y-2. The van der Waals surface area contributed by atoms with Gasteiger partial charge < -0.3 is 14.3 Å². The average molecular weight is 273 g/mol. The minimum Gasteiger partial charge on any atom is -0.542 e. The second-order valence-corrected chi connectivity index (χ2v) is 3.43. The average Bonchev–Trinajstić information content (AvgIpc) is 2.13. The number of carbonyl (C=O) groups excluding carboxylic acids is 2. The summed E-state index contributed by atoms with van der Waals surface area (Å²) >= 11 is 0. The van der Waals surface area contributed by atoms with Crippen LogP contribution in [0.4, 0.5) is 0 Å². The Morgan fingerprint density at radius 2 is 1.79 bits per heavy atom. The van der Waals surface area contributed by atoms with Crippen molar-refractivity contribution in [1.29, 1.82) is 0 Å². The topological polar surface area (TPSA) is 43.4 Å². The van der Waals surface area contributed by atoms with Crippen LogP contribution in [0.5, 0.6) is 0 Å². The number of hydrogen-bond acceptors (Lipinski definition) is 3. The van der Waals surface area contributed by atoms with Gasteiger partial charge in [-0.3, -0.25) is 12.6 Å². The molecule has 0 bridgehead atoms. The third-order valence-electron chi connectivity index (χ3n) is 2.05. The van der Waals surface area contributed by atoms with Gasteiger partial charge in [0.05, 0.1) is 0 Å². The second-order valence-electron chi connectivity index (χ2n) is 3.43. The molecule has 0 heterocycles. The Morgan fingerprint density at radius 3 is 2.14 bits per heavy atom. The molecule has 0 aromatic carbocycles. The molecule has 1 radical (unpaired) electrons. The molecule has 0 N–H and O–H groups in total. The maximum Gasteiger partial charge on any atom is 0.0487 e. The molecular weight excluding hydrogens is 257 g/mol. The van der Waals surface area contributed by atoms with Gasteiger partial charge in [-0.2, -0.15) is 11.8 Å². The van der Waals surface area contributed by atoms with Crippen molar-refractivity contribution in [1.82, 2.24) is 0 Å². The van der Waals surface area contributed by atoms with Gasteiger partial charge in [-0.15, -0.1) is 0 Å². The molecule has 0 saturated carbocycles. The number of methoxy groups -OCH3 is 1. The molecule has 0 aliphatic heterocycles. The van der Waals surface area contributed by atoms with Crippen molar-refractivity contribution in [2.75, 3.05) is 13.7 Å². The molecule has 3 unspecified atom stereocenters. The number of ether oxygens (including phenoxy) is 1. The molecule has 0 rings (SSSR count). The van der Waals surface area contributed by atoms with Crippen molar-refractivity contribution in [2.45, 2.75) is 20.3 Å². The Kier molecular flexibility index (Phi) is 11.9. The molecule has 0 aliphatic rings. The normalized spacial score (nSPS) is 16.2. The van der Waals surface area contributed by atoms with Gasteiger partial charge in [0.1, 0.15) is 0 Å². The minimum absolute atomic E-state index is 0. The maximum absolute atomic E-state index is 10.5. The van der Waals surface area contributed by atoms with Gasteiger partial charge in [0.25, 0.3) is 0 Å². The maximum atomic E-state index is 10.5. The Hall–Kier alpha value is 0.404. The molecule has 3 atom stereocenters. The Labute approximate surface area is 111 Å². The molecule has 0 spiro atoms. The molecule has 0 aromatic rings. The summed E-state index contributed by atoms with van der Waals surface area (Å²) in [6.07, 6.45) is 4.32. The van der Waals surface area contributed by atoms with E-state index in [-0.39, 0.29) is 50.5 Å². The van der Waals surface area contributed by atoms with Crippen molar-refractivity contribution in [3.63, 3.8) is 0 Å². The van der Waals surface area contributed by atoms with Crippen LogP contribution in [0, 0.1) is 17.8 Å². The first-order valence-electron chi connectivity index (χ1n) is 4.40.